The molecule has 3 rings (SSSR count). The average molecular weight is 451 g/mol. The molecule has 0 aliphatic heterocycles. The van der Waals surface area contributed by atoms with E-state index in [1.54, 1.807) is 50.2 Å². The van der Waals surface area contributed by atoms with E-state index in [4.69, 9.17) is 42.1 Å². The van der Waals surface area contributed by atoms with Crippen LogP contribution in [0.5, 0.6) is 11.5 Å². The Morgan fingerprint density at radius 2 is 1.17 bits per heavy atom. The number of rotatable bonds is 8. The lowest BCUT2D eigenvalue weighted by molar-refractivity contribution is -0.146. The Morgan fingerprint density at radius 3 is 1.60 bits per heavy atom. The fraction of sp³-hybridized carbons (Fsp3) is 0.273. The zero-order valence-electron chi connectivity index (χ0n) is 16.5. The smallest absolute Gasteiger partial charge is 0.344 e. The van der Waals surface area contributed by atoms with Gasteiger partial charge in [-0.05, 0) is 26.0 Å². The summed E-state index contributed by atoms with van der Waals surface area (Å²) in [6.45, 7) is 3.34. The van der Waals surface area contributed by atoms with Crippen LogP contribution in [0.2, 0.25) is 10.0 Å². The molecule has 0 spiro atoms. The molecule has 0 aromatic heterocycles. The molecular formula is C22H20Cl2O6. The normalized spacial score (nSPS) is 10.8. The Balaban J connectivity index is 2.21. The SMILES string of the molecule is CCOC(=O)COc1c2cccc(Cl)c2c(OCC(=O)OCC)c2c(Cl)cccc12. The van der Waals surface area contributed by atoms with Crippen LogP contribution in [-0.2, 0) is 19.1 Å². The van der Waals surface area contributed by atoms with Crippen molar-refractivity contribution < 1.29 is 28.5 Å². The van der Waals surface area contributed by atoms with Crippen LogP contribution in [0, 0.1) is 0 Å². The van der Waals surface area contributed by atoms with E-state index in [1.807, 2.05) is 0 Å². The lowest BCUT2D eigenvalue weighted by atomic mass is 10.0. The fourth-order valence-corrected chi connectivity index (χ4v) is 3.65. The van der Waals surface area contributed by atoms with Gasteiger partial charge in [-0.15, -0.1) is 0 Å². The molecule has 0 N–H and O–H groups in total. The Kier molecular flexibility index (Phi) is 7.24. The number of esters is 2. The first-order valence-electron chi connectivity index (χ1n) is 9.37. The van der Waals surface area contributed by atoms with Gasteiger partial charge in [0.15, 0.2) is 13.2 Å². The Bertz CT molecular complexity index is 1030. The lowest BCUT2D eigenvalue weighted by Gasteiger charge is -2.19. The van der Waals surface area contributed by atoms with E-state index >= 15 is 0 Å². The second kappa shape index (κ2) is 9.87. The third-order valence-electron chi connectivity index (χ3n) is 4.25. The molecule has 0 heterocycles. The molecule has 0 radical (unpaired) electrons. The molecule has 6 nitrogen and oxygen atoms in total. The zero-order valence-corrected chi connectivity index (χ0v) is 18.0. The number of hydrogen-bond acceptors (Lipinski definition) is 6. The highest BCUT2D eigenvalue weighted by atomic mass is 35.5. The summed E-state index contributed by atoms with van der Waals surface area (Å²) in [5.74, 6) is -0.250. The van der Waals surface area contributed by atoms with Crippen molar-refractivity contribution in [3.63, 3.8) is 0 Å². The van der Waals surface area contributed by atoms with Crippen molar-refractivity contribution in [1.82, 2.24) is 0 Å². The minimum absolute atomic E-state index is 0.242. The van der Waals surface area contributed by atoms with E-state index in [1.165, 1.54) is 0 Å². The van der Waals surface area contributed by atoms with E-state index in [0.29, 0.717) is 43.1 Å². The van der Waals surface area contributed by atoms with E-state index in [2.05, 4.69) is 0 Å². The molecule has 0 bridgehead atoms. The third-order valence-corrected chi connectivity index (χ3v) is 4.88. The van der Waals surface area contributed by atoms with Crippen molar-refractivity contribution in [2.75, 3.05) is 26.4 Å². The minimum Gasteiger partial charge on any atom is -0.481 e. The van der Waals surface area contributed by atoms with Crippen LogP contribution in [0.1, 0.15) is 13.8 Å². The molecule has 30 heavy (non-hydrogen) atoms. The van der Waals surface area contributed by atoms with E-state index in [9.17, 15) is 9.59 Å². The maximum Gasteiger partial charge on any atom is 0.344 e. The van der Waals surface area contributed by atoms with Gasteiger partial charge in [0, 0.05) is 21.5 Å². The summed E-state index contributed by atoms with van der Waals surface area (Å²) in [5, 5.41) is 3.02. The summed E-state index contributed by atoms with van der Waals surface area (Å²) in [6, 6.07) is 10.5. The van der Waals surface area contributed by atoms with E-state index in [0.717, 1.165) is 0 Å². The molecule has 158 valence electrons. The van der Waals surface area contributed by atoms with E-state index in [-0.39, 0.29) is 26.4 Å². The predicted molar refractivity (Wildman–Crippen MR) is 116 cm³/mol. The van der Waals surface area contributed by atoms with Gasteiger partial charge in [-0.2, -0.15) is 0 Å². The Labute approximate surface area is 183 Å². The van der Waals surface area contributed by atoms with Crippen LogP contribution in [-0.4, -0.2) is 38.4 Å². The first-order chi connectivity index (χ1) is 14.5. The van der Waals surface area contributed by atoms with Gasteiger partial charge < -0.3 is 18.9 Å². The average Bonchev–Trinajstić information content (AvgIpc) is 2.71. The number of fused-ring (bicyclic) bond motifs is 2. The molecule has 3 aromatic carbocycles. The van der Waals surface area contributed by atoms with Crippen LogP contribution in [0.25, 0.3) is 21.5 Å². The number of hydrogen-bond donors (Lipinski definition) is 0. The van der Waals surface area contributed by atoms with E-state index < -0.39 is 11.9 Å². The molecule has 0 unspecified atom stereocenters. The second-order valence-corrected chi connectivity index (χ2v) is 6.98. The summed E-state index contributed by atoms with van der Waals surface area (Å²) in [4.78, 5) is 23.7. The quantitative estimate of drug-likeness (QED) is 0.347. The van der Waals surface area contributed by atoms with Gasteiger partial charge in [-0.1, -0.05) is 47.5 Å². The summed E-state index contributed by atoms with van der Waals surface area (Å²) in [6.07, 6.45) is 0. The molecule has 0 aliphatic carbocycles. The van der Waals surface area contributed by atoms with Crippen molar-refractivity contribution in [3.05, 3.63) is 46.4 Å². The molecule has 0 aliphatic rings. The molecule has 0 saturated heterocycles. The topological polar surface area (TPSA) is 71.1 Å². The van der Waals surface area contributed by atoms with Gasteiger partial charge in [0.25, 0.3) is 0 Å². The number of benzene rings is 3. The number of carbonyl (C=O) groups excluding carboxylic acids is 2. The molecule has 8 heteroatoms. The highest BCUT2D eigenvalue weighted by molar-refractivity contribution is 6.40. The van der Waals surface area contributed by atoms with Crippen LogP contribution in [0.3, 0.4) is 0 Å². The molecule has 0 amide bonds. The van der Waals surface area contributed by atoms with Gasteiger partial charge >= 0.3 is 11.9 Å². The summed E-state index contributed by atoms with van der Waals surface area (Å²) < 4.78 is 21.6. The largest absolute Gasteiger partial charge is 0.481 e. The van der Waals surface area contributed by atoms with Gasteiger partial charge in [-0.3, -0.25) is 0 Å². The van der Waals surface area contributed by atoms with Crippen molar-refractivity contribution in [1.29, 1.82) is 0 Å². The zero-order chi connectivity index (χ0) is 21.7. The van der Waals surface area contributed by atoms with Crippen molar-refractivity contribution in [2.24, 2.45) is 0 Å². The summed E-state index contributed by atoms with van der Waals surface area (Å²) in [5.41, 5.74) is 0. The first kappa shape index (κ1) is 22.0. The van der Waals surface area contributed by atoms with Crippen LogP contribution in [0.15, 0.2) is 36.4 Å². The number of ether oxygens (including phenoxy) is 4. The molecule has 0 atom stereocenters. The van der Waals surface area contributed by atoms with Crippen LogP contribution < -0.4 is 9.47 Å². The van der Waals surface area contributed by atoms with Crippen LogP contribution >= 0.6 is 23.2 Å². The van der Waals surface area contributed by atoms with Gasteiger partial charge in [-0.25, -0.2) is 9.59 Å². The predicted octanol–water partition coefficient (Wildman–Crippen LogP) is 5.18. The molecular weight excluding hydrogens is 431 g/mol. The van der Waals surface area contributed by atoms with Crippen LogP contribution in [0.4, 0.5) is 0 Å². The highest BCUT2D eigenvalue weighted by Gasteiger charge is 2.21. The Hall–Kier alpha value is -2.70. The second-order valence-electron chi connectivity index (χ2n) is 6.17. The molecule has 0 saturated carbocycles. The number of carbonyl (C=O) groups is 2. The monoisotopic (exact) mass is 450 g/mol. The first-order valence-corrected chi connectivity index (χ1v) is 10.1. The molecule has 0 fully saturated rings. The number of halogens is 2. The fourth-order valence-electron chi connectivity index (χ4n) is 3.13. The maximum absolute atomic E-state index is 11.9. The van der Waals surface area contributed by atoms with Crippen molar-refractivity contribution in [3.8, 4) is 11.5 Å². The highest BCUT2D eigenvalue weighted by Crippen LogP contribution is 2.47. The molecule has 3 aromatic rings. The lowest BCUT2D eigenvalue weighted by Crippen LogP contribution is -2.16. The van der Waals surface area contributed by atoms with Gasteiger partial charge in [0.2, 0.25) is 0 Å². The minimum atomic E-state index is -0.513. The maximum atomic E-state index is 11.9. The Morgan fingerprint density at radius 1 is 0.733 bits per heavy atom. The summed E-state index contributed by atoms with van der Waals surface area (Å²) in [7, 11) is 0. The third kappa shape index (κ3) is 4.55. The van der Waals surface area contributed by atoms with Crippen molar-refractivity contribution in [2.45, 2.75) is 13.8 Å². The van der Waals surface area contributed by atoms with Crippen molar-refractivity contribution >= 4 is 56.7 Å². The van der Waals surface area contributed by atoms with Gasteiger partial charge in [0.1, 0.15) is 11.5 Å². The summed E-state index contributed by atoms with van der Waals surface area (Å²) >= 11 is 13.0. The van der Waals surface area contributed by atoms with Gasteiger partial charge in [0.05, 0.1) is 23.3 Å². The standard InChI is InChI=1S/C22H20Cl2O6/c1-3-27-17(25)11-29-21-13-7-5-9-15(23)19(13)22(30-12-18(26)28-4-2)20-14(21)8-6-10-16(20)24/h5-10H,3-4,11-12H2,1-2H3.